The molecule has 2 heterocycles. The Bertz CT molecular complexity index is 730. The smallest absolute Gasteiger partial charge is 0.215 e. The number of imidazole rings is 1. The van der Waals surface area contributed by atoms with Crippen LogP contribution in [0.25, 0.3) is 0 Å². The van der Waals surface area contributed by atoms with Crippen molar-refractivity contribution in [2.45, 2.75) is 18.4 Å². The molecule has 3 rings (SSSR count). The lowest BCUT2D eigenvalue weighted by Gasteiger charge is -2.29. The summed E-state index contributed by atoms with van der Waals surface area (Å²) in [5.74, 6) is 1.39. The van der Waals surface area contributed by atoms with Crippen LogP contribution >= 0.6 is 23.2 Å². The number of halogens is 2. The van der Waals surface area contributed by atoms with Gasteiger partial charge in [-0.05, 0) is 12.1 Å². The van der Waals surface area contributed by atoms with E-state index in [4.69, 9.17) is 43.8 Å². The van der Waals surface area contributed by atoms with E-state index in [0.29, 0.717) is 35.4 Å². The molecule has 2 atom stereocenters. The van der Waals surface area contributed by atoms with E-state index >= 15 is 0 Å². The molecular weight excluding hydrogens is 351 g/mol. The molecule has 24 heavy (non-hydrogen) atoms. The highest BCUT2D eigenvalue weighted by atomic mass is 35.5. The van der Waals surface area contributed by atoms with Gasteiger partial charge >= 0.3 is 0 Å². The Morgan fingerprint density at radius 1 is 1.46 bits per heavy atom. The van der Waals surface area contributed by atoms with Gasteiger partial charge in [-0.2, -0.15) is 0 Å². The summed E-state index contributed by atoms with van der Waals surface area (Å²) in [4.78, 5) is 4.06. The van der Waals surface area contributed by atoms with Gasteiger partial charge in [-0.1, -0.05) is 35.2 Å². The fourth-order valence-electron chi connectivity index (χ4n) is 2.62. The molecule has 0 bridgehead atoms. The molecule has 0 spiro atoms. The largest absolute Gasteiger partial charge is 0.366 e. The number of nitrogens with zero attached hydrogens (tertiary/aromatic N) is 2. The average Bonchev–Trinajstić information content (AvgIpc) is 3.19. The number of terminal acetylenes is 1. The second kappa shape index (κ2) is 7.56. The minimum Gasteiger partial charge on any atom is -0.366 e. The number of aromatic nitrogens is 2. The number of hydrogen-bond acceptors (Lipinski definition) is 4. The SMILES string of the molecule is C#CCOC[C@H]1CO[C@](Cn2ccnc2)(c2ccc(Cl)cc2Cl)O1. The molecular formula is C17H16Cl2N2O3. The van der Waals surface area contributed by atoms with Crippen molar-refractivity contribution in [3.8, 4) is 12.3 Å². The Morgan fingerprint density at radius 3 is 3.04 bits per heavy atom. The zero-order valence-electron chi connectivity index (χ0n) is 12.8. The van der Waals surface area contributed by atoms with Crippen molar-refractivity contribution in [3.63, 3.8) is 0 Å². The summed E-state index contributed by atoms with van der Waals surface area (Å²) < 4.78 is 19.5. The molecule has 5 nitrogen and oxygen atoms in total. The summed E-state index contributed by atoms with van der Waals surface area (Å²) in [7, 11) is 0. The van der Waals surface area contributed by atoms with Crippen LogP contribution in [-0.4, -0.2) is 35.5 Å². The summed E-state index contributed by atoms with van der Waals surface area (Å²) in [5.41, 5.74) is 0.710. The third-order valence-electron chi connectivity index (χ3n) is 3.64. The van der Waals surface area contributed by atoms with E-state index in [1.54, 1.807) is 24.7 Å². The maximum atomic E-state index is 6.39. The van der Waals surface area contributed by atoms with Crippen molar-refractivity contribution < 1.29 is 14.2 Å². The Labute approximate surface area is 150 Å². The van der Waals surface area contributed by atoms with Gasteiger partial charge in [-0.3, -0.25) is 0 Å². The van der Waals surface area contributed by atoms with E-state index < -0.39 is 5.79 Å². The summed E-state index contributed by atoms with van der Waals surface area (Å²) in [5, 5.41) is 1.03. The highest BCUT2D eigenvalue weighted by Crippen LogP contribution is 2.40. The summed E-state index contributed by atoms with van der Waals surface area (Å²) in [6, 6.07) is 5.24. The highest BCUT2D eigenvalue weighted by Gasteiger charge is 2.45. The lowest BCUT2D eigenvalue weighted by Crippen LogP contribution is -2.34. The summed E-state index contributed by atoms with van der Waals surface area (Å²) in [6.45, 7) is 1.36. The minimum atomic E-state index is -1.04. The van der Waals surface area contributed by atoms with E-state index in [1.807, 2.05) is 16.8 Å². The van der Waals surface area contributed by atoms with Crippen LogP contribution < -0.4 is 0 Å². The lowest BCUT2D eigenvalue weighted by atomic mass is 10.1. The first-order chi connectivity index (χ1) is 11.6. The molecule has 0 aliphatic carbocycles. The topological polar surface area (TPSA) is 45.5 Å². The second-order valence-electron chi connectivity index (χ2n) is 5.38. The standard InChI is InChI=1S/C17H16Cl2N2O3/c1-2-7-22-9-14-10-23-17(24-14,11-21-6-5-20-12-21)15-4-3-13(18)8-16(15)19/h1,3-6,8,12,14H,7,9-11H2/t14-,17-/m0/s1. The van der Waals surface area contributed by atoms with Crippen molar-refractivity contribution >= 4 is 23.2 Å². The van der Waals surface area contributed by atoms with E-state index in [9.17, 15) is 0 Å². The predicted octanol–water partition coefficient (Wildman–Crippen LogP) is 3.11. The molecule has 1 saturated heterocycles. The summed E-state index contributed by atoms with van der Waals surface area (Å²) in [6.07, 6.45) is 10.2. The Kier molecular flexibility index (Phi) is 5.44. The van der Waals surface area contributed by atoms with Crippen molar-refractivity contribution in [1.82, 2.24) is 9.55 Å². The zero-order valence-corrected chi connectivity index (χ0v) is 14.3. The number of hydrogen-bond donors (Lipinski definition) is 0. The van der Waals surface area contributed by atoms with Crippen LogP contribution in [0.4, 0.5) is 0 Å². The Balaban J connectivity index is 1.86. The normalized spacial score (nSPS) is 23.3. The van der Waals surface area contributed by atoms with Gasteiger partial charge in [0.1, 0.15) is 12.7 Å². The minimum absolute atomic E-state index is 0.232. The van der Waals surface area contributed by atoms with Crippen LogP contribution in [0, 0.1) is 12.3 Å². The molecule has 0 amide bonds. The van der Waals surface area contributed by atoms with Crippen LogP contribution in [0.15, 0.2) is 36.9 Å². The molecule has 2 aromatic rings. The molecule has 1 fully saturated rings. The van der Waals surface area contributed by atoms with Gasteiger partial charge in [0.2, 0.25) is 5.79 Å². The maximum absolute atomic E-state index is 6.39. The highest BCUT2D eigenvalue weighted by molar-refractivity contribution is 6.35. The van der Waals surface area contributed by atoms with Gasteiger partial charge < -0.3 is 18.8 Å². The van der Waals surface area contributed by atoms with Crippen LogP contribution in [0.5, 0.6) is 0 Å². The monoisotopic (exact) mass is 366 g/mol. The van der Waals surface area contributed by atoms with Crippen molar-refractivity contribution in [2.24, 2.45) is 0 Å². The first kappa shape index (κ1) is 17.3. The molecule has 0 saturated carbocycles. The number of benzene rings is 1. The number of ether oxygens (including phenoxy) is 3. The third kappa shape index (κ3) is 3.75. The lowest BCUT2D eigenvalue weighted by molar-refractivity contribution is -0.191. The van der Waals surface area contributed by atoms with E-state index in [0.717, 1.165) is 0 Å². The van der Waals surface area contributed by atoms with Gasteiger partial charge in [-0.25, -0.2) is 4.98 Å². The van der Waals surface area contributed by atoms with Crippen molar-refractivity contribution in [3.05, 3.63) is 52.5 Å². The molecule has 126 valence electrons. The predicted molar refractivity (Wildman–Crippen MR) is 90.8 cm³/mol. The summed E-state index contributed by atoms with van der Waals surface area (Å²) >= 11 is 12.4. The average molecular weight is 367 g/mol. The molecule has 1 aromatic carbocycles. The maximum Gasteiger partial charge on any atom is 0.215 e. The Morgan fingerprint density at radius 2 is 2.33 bits per heavy atom. The Hall–Kier alpha value is -1.55. The molecule has 1 aliphatic heterocycles. The fraction of sp³-hybridized carbons (Fsp3) is 0.353. The number of rotatable bonds is 6. The first-order valence-corrected chi connectivity index (χ1v) is 8.13. The second-order valence-corrected chi connectivity index (χ2v) is 6.23. The molecule has 0 radical (unpaired) electrons. The van der Waals surface area contributed by atoms with Gasteiger partial charge in [0.15, 0.2) is 0 Å². The zero-order chi connectivity index (χ0) is 17.0. The van der Waals surface area contributed by atoms with E-state index in [1.165, 1.54) is 0 Å². The van der Waals surface area contributed by atoms with Gasteiger partial charge in [0.05, 0.1) is 31.1 Å². The first-order valence-electron chi connectivity index (χ1n) is 7.37. The van der Waals surface area contributed by atoms with Crippen LogP contribution in [-0.2, 0) is 26.5 Å². The van der Waals surface area contributed by atoms with Gasteiger partial charge in [-0.15, -0.1) is 6.42 Å². The van der Waals surface area contributed by atoms with Crippen LogP contribution in [0.2, 0.25) is 10.0 Å². The quantitative estimate of drug-likeness (QED) is 0.582. The van der Waals surface area contributed by atoms with Crippen LogP contribution in [0.1, 0.15) is 5.56 Å². The molecule has 0 unspecified atom stereocenters. The van der Waals surface area contributed by atoms with E-state index in [2.05, 4.69) is 10.9 Å². The third-order valence-corrected chi connectivity index (χ3v) is 4.19. The van der Waals surface area contributed by atoms with Gasteiger partial charge in [0, 0.05) is 23.0 Å². The van der Waals surface area contributed by atoms with Crippen molar-refractivity contribution in [2.75, 3.05) is 19.8 Å². The fourth-order valence-corrected chi connectivity index (χ4v) is 3.18. The van der Waals surface area contributed by atoms with Gasteiger partial charge in [0.25, 0.3) is 0 Å². The van der Waals surface area contributed by atoms with Crippen LogP contribution in [0.3, 0.4) is 0 Å². The van der Waals surface area contributed by atoms with E-state index in [-0.39, 0.29) is 12.7 Å². The van der Waals surface area contributed by atoms with Crippen molar-refractivity contribution in [1.29, 1.82) is 0 Å². The molecule has 7 heteroatoms. The molecule has 1 aliphatic rings. The molecule has 1 aromatic heterocycles. The molecule has 0 N–H and O–H groups in total.